The molecule has 2 aliphatic heterocycles. The Balaban J connectivity index is 1.88. The van der Waals surface area contributed by atoms with E-state index in [1.54, 1.807) is 0 Å². The molecule has 21 heavy (non-hydrogen) atoms. The molecule has 6 nitrogen and oxygen atoms in total. The van der Waals surface area contributed by atoms with Gasteiger partial charge in [-0.3, -0.25) is 9.69 Å². The van der Waals surface area contributed by atoms with Crippen LogP contribution in [0.25, 0.3) is 0 Å². The Bertz CT molecular complexity index is 474. The largest absolute Gasteiger partial charge is 0.349 e. The first kappa shape index (κ1) is 16.7. The summed E-state index contributed by atoms with van der Waals surface area (Å²) in [6.07, 6.45) is 2.64. The Morgan fingerprint density at radius 1 is 1.38 bits per heavy atom. The third-order valence-corrected chi connectivity index (χ3v) is 6.43. The molecule has 7 heteroatoms. The Morgan fingerprint density at radius 3 is 2.57 bits per heavy atom. The quantitative estimate of drug-likeness (QED) is 0.731. The first-order valence-electron chi connectivity index (χ1n) is 7.80. The van der Waals surface area contributed by atoms with E-state index in [4.69, 9.17) is 0 Å². The molecule has 0 spiro atoms. The van der Waals surface area contributed by atoms with Gasteiger partial charge < -0.3 is 10.6 Å². The minimum absolute atomic E-state index is 0.0602. The lowest BCUT2D eigenvalue weighted by molar-refractivity contribution is -0.124. The number of carbonyl (C=O) groups excluding carboxylic acids is 1. The molecule has 0 aromatic heterocycles. The van der Waals surface area contributed by atoms with E-state index in [1.807, 2.05) is 6.92 Å². The predicted molar refractivity (Wildman–Crippen MR) is 83.0 cm³/mol. The van der Waals surface area contributed by atoms with Crippen molar-refractivity contribution in [2.75, 3.05) is 37.7 Å². The summed E-state index contributed by atoms with van der Waals surface area (Å²) in [5, 5.41) is 6.27. The van der Waals surface area contributed by atoms with Crippen molar-refractivity contribution in [2.45, 2.75) is 44.7 Å². The molecule has 1 atom stereocenters. The second-order valence-electron chi connectivity index (χ2n) is 6.50. The van der Waals surface area contributed by atoms with Crippen LogP contribution in [0.1, 0.15) is 33.1 Å². The van der Waals surface area contributed by atoms with Gasteiger partial charge in [-0.15, -0.1) is 0 Å². The lowest BCUT2D eigenvalue weighted by atomic mass is 10.0. The topological polar surface area (TPSA) is 78.5 Å². The summed E-state index contributed by atoms with van der Waals surface area (Å²) in [4.78, 5) is 14.5. The van der Waals surface area contributed by atoms with Crippen molar-refractivity contribution in [2.24, 2.45) is 0 Å². The zero-order chi connectivity index (χ0) is 15.5. The van der Waals surface area contributed by atoms with Crippen LogP contribution in [-0.4, -0.2) is 68.5 Å². The lowest BCUT2D eigenvalue weighted by Gasteiger charge is -2.34. The molecule has 0 radical (unpaired) electrons. The van der Waals surface area contributed by atoms with Crippen LogP contribution < -0.4 is 10.6 Å². The molecule has 2 heterocycles. The summed E-state index contributed by atoms with van der Waals surface area (Å²) >= 11 is 0. The number of piperidine rings is 1. The lowest BCUT2D eigenvalue weighted by Crippen LogP contribution is -2.52. The van der Waals surface area contributed by atoms with Crippen molar-refractivity contribution in [1.82, 2.24) is 15.5 Å². The van der Waals surface area contributed by atoms with Gasteiger partial charge in [-0.25, -0.2) is 8.42 Å². The first-order chi connectivity index (χ1) is 9.84. The van der Waals surface area contributed by atoms with Gasteiger partial charge in [0, 0.05) is 6.04 Å². The fourth-order valence-electron chi connectivity index (χ4n) is 3.34. The highest BCUT2D eigenvalue weighted by Crippen LogP contribution is 2.22. The van der Waals surface area contributed by atoms with Crippen molar-refractivity contribution >= 4 is 15.7 Å². The Labute approximate surface area is 127 Å². The van der Waals surface area contributed by atoms with Crippen molar-refractivity contribution in [1.29, 1.82) is 0 Å². The average Bonchev–Trinajstić information content (AvgIpc) is 2.70. The van der Waals surface area contributed by atoms with Crippen LogP contribution in [0.3, 0.4) is 0 Å². The molecule has 1 unspecified atom stereocenters. The molecule has 0 aromatic rings. The summed E-state index contributed by atoms with van der Waals surface area (Å²) in [6.45, 7) is 7.09. The van der Waals surface area contributed by atoms with Crippen LogP contribution in [0.5, 0.6) is 0 Å². The van der Waals surface area contributed by atoms with Gasteiger partial charge in [0.25, 0.3) is 0 Å². The number of hydrogen-bond donors (Lipinski definition) is 2. The molecule has 0 aliphatic carbocycles. The first-order valence-corrected chi connectivity index (χ1v) is 9.62. The smallest absolute Gasteiger partial charge is 0.234 e. The van der Waals surface area contributed by atoms with E-state index in [9.17, 15) is 13.2 Å². The molecular weight excluding hydrogens is 290 g/mol. The number of hydrogen-bond acceptors (Lipinski definition) is 5. The second-order valence-corrected chi connectivity index (χ2v) is 8.68. The zero-order valence-corrected chi connectivity index (χ0v) is 13.8. The maximum absolute atomic E-state index is 12.3. The minimum atomic E-state index is -2.99. The number of nitrogens with one attached hydrogen (secondary N) is 2. The Kier molecular flexibility index (Phi) is 5.27. The van der Waals surface area contributed by atoms with Gasteiger partial charge in [0.2, 0.25) is 5.91 Å². The maximum Gasteiger partial charge on any atom is 0.234 e. The third kappa shape index (κ3) is 4.66. The number of carbonyl (C=O) groups is 1. The molecule has 2 fully saturated rings. The SMILES string of the molecule is CCN(CC(=O)NC1(C)CCS(=O)(=O)C1)C1CCNCC1. The highest BCUT2D eigenvalue weighted by atomic mass is 32.2. The molecule has 2 saturated heterocycles. The van der Waals surface area contributed by atoms with Crippen molar-refractivity contribution in [3.05, 3.63) is 0 Å². The van der Waals surface area contributed by atoms with Crippen molar-refractivity contribution in [3.8, 4) is 0 Å². The second kappa shape index (κ2) is 6.62. The third-order valence-electron chi connectivity index (χ3n) is 4.52. The zero-order valence-electron chi connectivity index (χ0n) is 13.0. The monoisotopic (exact) mass is 317 g/mol. The number of amides is 1. The summed E-state index contributed by atoms with van der Waals surface area (Å²) in [6, 6.07) is 0.446. The van der Waals surface area contributed by atoms with Gasteiger partial charge in [0.15, 0.2) is 9.84 Å². The van der Waals surface area contributed by atoms with Crippen LogP contribution in [0.4, 0.5) is 0 Å². The molecule has 0 bridgehead atoms. The molecule has 2 aliphatic rings. The Hall–Kier alpha value is -0.660. The highest BCUT2D eigenvalue weighted by Gasteiger charge is 2.39. The van der Waals surface area contributed by atoms with Crippen LogP contribution in [0.2, 0.25) is 0 Å². The molecule has 0 aromatic carbocycles. The summed E-state index contributed by atoms with van der Waals surface area (Å²) in [5.74, 6) is 0.177. The van der Waals surface area contributed by atoms with Crippen molar-refractivity contribution < 1.29 is 13.2 Å². The number of nitrogens with zero attached hydrogens (tertiary/aromatic N) is 1. The summed E-state index contributed by atoms with van der Waals surface area (Å²) in [5.41, 5.74) is -0.594. The minimum Gasteiger partial charge on any atom is -0.349 e. The van der Waals surface area contributed by atoms with Gasteiger partial charge in [-0.1, -0.05) is 6.92 Å². The molecular formula is C14H27N3O3S. The molecule has 0 saturated carbocycles. The molecule has 2 rings (SSSR count). The normalized spacial score (nSPS) is 29.7. The number of likely N-dealkylation sites (N-methyl/N-ethyl adjacent to an activating group) is 1. The predicted octanol–water partition coefficient (Wildman–Crippen LogP) is -0.246. The van der Waals surface area contributed by atoms with Crippen LogP contribution in [0.15, 0.2) is 0 Å². The van der Waals surface area contributed by atoms with Crippen molar-refractivity contribution in [3.63, 3.8) is 0 Å². The molecule has 2 N–H and O–H groups in total. The molecule has 1 amide bonds. The van der Waals surface area contributed by atoms with Gasteiger partial charge >= 0.3 is 0 Å². The van der Waals surface area contributed by atoms with E-state index in [1.165, 1.54) is 0 Å². The van der Waals surface area contributed by atoms with E-state index < -0.39 is 15.4 Å². The maximum atomic E-state index is 12.3. The van der Waals surface area contributed by atoms with E-state index in [0.29, 0.717) is 19.0 Å². The molecule has 122 valence electrons. The fraction of sp³-hybridized carbons (Fsp3) is 0.929. The fourth-order valence-corrected chi connectivity index (χ4v) is 5.43. The van der Waals surface area contributed by atoms with Crippen LogP contribution >= 0.6 is 0 Å². The van der Waals surface area contributed by atoms with Gasteiger partial charge in [-0.05, 0) is 45.8 Å². The highest BCUT2D eigenvalue weighted by molar-refractivity contribution is 7.91. The standard InChI is InChI=1S/C14H27N3O3S/c1-3-17(12-4-7-15-8-5-12)10-13(18)16-14(2)6-9-21(19,20)11-14/h12,15H,3-11H2,1-2H3,(H,16,18). The number of sulfone groups is 1. The van der Waals surface area contributed by atoms with Gasteiger partial charge in [0.1, 0.15) is 0 Å². The van der Waals surface area contributed by atoms with Crippen LogP contribution in [0, 0.1) is 0 Å². The average molecular weight is 317 g/mol. The van der Waals surface area contributed by atoms with E-state index >= 15 is 0 Å². The van der Waals surface area contributed by atoms with Crippen LogP contribution in [-0.2, 0) is 14.6 Å². The number of rotatable bonds is 5. The summed E-state index contributed by atoms with van der Waals surface area (Å²) in [7, 11) is -2.99. The van der Waals surface area contributed by atoms with E-state index in [0.717, 1.165) is 32.5 Å². The van der Waals surface area contributed by atoms with Gasteiger partial charge in [0.05, 0.1) is 23.6 Å². The van der Waals surface area contributed by atoms with Gasteiger partial charge in [-0.2, -0.15) is 0 Å². The summed E-state index contributed by atoms with van der Waals surface area (Å²) < 4.78 is 23.2. The van der Waals surface area contributed by atoms with E-state index in [2.05, 4.69) is 22.5 Å². The van der Waals surface area contributed by atoms with E-state index in [-0.39, 0.29) is 17.4 Å². The Morgan fingerprint density at radius 2 is 2.05 bits per heavy atom.